The number of aromatic nitrogens is 2. The Kier molecular flexibility index (Phi) is 3.31. The molecule has 0 aliphatic heterocycles. The maximum atomic E-state index is 12.3. The van der Waals surface area contributed by atoms with Gasteiger partial charge in [0.15, 0.2) is 0 Å². The van der Waals surface area contributed by atoms with Crippen LogP contribution in [0.3, 0.4) is 0 Å². The number of nitrogens with one attached hydrogen (secondary N) is 1. The normalized spacial score (nSPS) is 24.7. The van der Waals surface area contributed by atoms with Crippen LogP contribution in [0.1, 0.15) is 36.0 Å². The Hall–Kier alpha value is -1.11. The molecule has 23 heavy (non-hydrogen) atoms. The minimum Gasteiger partial charge on any atom is -0.457 e. The van der Waals surface area contributed by atoms with Gasteiger partial charge in [0.05, 0.1) is 5.39 Å². The van der Waals surface area contributed by atoms with Crippen LogP contribution in [-0.4, -0.2) is 20.3 Å². The number of carbonyl (C=O) groups is 1. The van der Waals surface area contributed by atoms with Crippen LogP contribution in [0.25, 0.3) is 10.2 Å². The molecule has 5 nitrogen and oxygen atoms in total. The van der Waals surface area contributed by atoms with Crippen molar-refractivity contribution in [1.29, 1.82) is 0 Å². The number of fused-ring (bicyclic) bond motifs is 3. The van der Waals surface area contributed by atoms with Gasteiger partial charge in [-0.1, -0.05) is 0 Å². The van der Waals surface area contributed by atoms with Gasteiger partial charge in [0.25, 0.3) is 5.56 Å². The molecule has 0 amide bonds. The summed E-state index contributed by atoms with van der Waals surface area (Å²) >= 11 is 13.5. The molecule has 0 bridgehead atoms. The molecule has 2 aromatic heterocycles. The van der Waals surface area contributed by atoms with Crippen molar-refractivity contribution in [3.63, 3.8) is 0 Å². The smallest absolute Gasteiger partial charge is 0.315 e. The zero-order valence-corrected chi connectivity index (χ0v) is 14.7. The Morgan fingerprint density at radius 1 is 1.43 bits per heavy atom. The number of rotatable bonds is 3. The van der Waals surface area contributed by atoms with Crippen LogP contribution in [0.5, 0.6) is 0 Å². The zero-order chi connectivity index (χ0) is 16.4. The van der Waals surface area contributed by atoms with E-state index in [1.165, 1.54) is 4.88 Å². The molecule has 1 saturated carbocycles. The molecule has 2 heterocycles. The number of alkyl halides is 2. The summed E-state index contributed by atoms with van der Waals surface area (Å²) in [5.74, 6) is -0.131. The Labute approximate surface area is 146 Å². The van der Waals surface area contributed by atoms with Gasteiger partial charge in [0.1, 0.15) is 27.0 Å². The zero-order valence-electron chi connectivity index (χ0n) is 12.4. The minimum absolute atomic E-state index is 0.0912. The van der Waals surface area contributed by atoms with E-state index in [9.17, 15) is 9.59 Å². The van der Waals surface area contributed by atoms with Crippen LogP contribution in [-0.2, 0) is 29.0 Å². The van der Waals surface area contributed by atoms with Gasteiger partial charge in [-0.15, -0.1) is 34.5 Å². The number of aryl methyl sites for hydroxylation is 2. The van der Waals surface area contributed by atoms with Gasteiger partial charge >= 0.3 is 5.97 Å². The third-order valence-electron chi connectivity index (χ3n) is 4.67. The average Bonchev–Trinajstić information content (AvgIpc) is 2.84. The first-order valence-corrected chi connectivity index (χ1v) is 8.97. The van der Waals surface area contributed by atoms with Crippen molar-refractivity contribution in [2.24, 2.45) is 5.41 Å². The standard InChI is InChI=1S/C15H14Cl2N2O3S/c1-14(6-15(14,16)17)13(21)22-5-9-18-11(20)10-7-3-2-4-8(7)23-12(10)19-9/h2-6H2,1H3,(H,18,19,20)/t14-/m0/s1. The van der Waals surface area contributed by atoms with Crippen LogP contribution in [0.4, 0.5) is 0 Å². The third-order valence-corrected chi connectivity index (χ3v) is 6.96. The van der Waals surface area contributed by atoms with Crippen LogP contribution >= 0.6 is 34.5 Å². The lowest BCUT2D eigenvalue weighted by Gasteiger charge is -2.11. The van der Waals surface area contributed by atoms with Crippen molar-refractivity contribution in [2.75, 3.05) is 0 Å². The highest BCUT2D eigenvalue weighted by molar-refractivity contribution is 7.18. The molecule has 4 rings (SSSR count). The number of esters is 1. The lowest BCUT2D eigenvalue weighted by Crippen LogP contribution is -2.22. The summed E-state index contributed by atoms with van der Waals surface area (Å²) in [4.78, 5) is 33.5. The Bertz CT molecular complexity index is 889. The fourth-order valence-corrected chi connectivity index (χ4v) is 5.00. The fraction of sp³-hybridized carbons (Fsp3) is 0.533. The number of hydrogen-bond donors (Lipinski definition) is 1. The molecule has 2 aromatic rings. The van der Waals surface area contributed by atoms with Gasteiger partial charge in [0, 0.05) is 11.3 Å². The number of carbonyl (C=O) groups excluding carboxylic acids is 1. The molecule has 1 fully saturated rings. The number of H-pyrrole nitrogens is 1. The topological polar surface area (TPSA) is 72.0 Å². The molecule has 0 spiro atoms. The summed E-state index contributed by atoms with van der Waals surface area (Å²) in [6.07, 6.45) is 3.39. The van der Waals surface area contributed by atoms with E-state index in [0.29, 0.717) is 22.5 Å². The number of thiophene rings is 1. The van der Waals surface area contributed by atoms with Gasteiger partial charge in [-0.2, -0.15) is 0 Å². The van der Waals surface area contributed by atoms with E-state index >= 15 is 0 Å². The van der Waals surface area contributed by atoms with Crippen molar-refractivity contribution < 1.29 is 9.53 Å². The molecule has 1 atom stereocenters. The van der Waals surface area contributed by atoms with Crippen LogP contribution in [0.15, 0.2) is 4.79 Å². The Morgan fingerprint density at radius 2 is 2.17 bits per heavy atom. The molecule has 0 radical (unpaired) electrons. The summed E-state index contributed by atoms with van der Waals surface area (Å²) in [6, 6.07) is 0. The van der Waals surface area contributed by atoms with Gasteiger partial charge in [-0.05, 0) is 31.7 Å². The van der Waals surface area contributed by atoms with E-state index in [-0.39, 0.29) is 12.2 Å². The summed E-state index contributed by atoms with van der Waals surface area (Å²) in [6.45, 7) is 1.57. The van der Waals surface area contributed by atoms with Crippen LogP contribution < -0.4 is 5.56 Å². The molecule has 2 aliphatic rings. The van der Waals surface area contributed by atoms with Crippen LogP contribution in [0, 0.1) is 5.41 Å². The number of hydrogen-bond acceptors (Lipinski definition) is 5. The second kappa shape index (κ2) is 4.94. The summed E-state index contributed by atoms with van der Waals surface area (Å²) in [5.41, 5.74) is 0.0777. The first-order valence-electron chi connectivity index (χ1n) is 7.40. The monoisotopic (exact) mass is 372 g/mol. The highest BCUT2D eigenvalue weighted by Crippen LogP contribution is 2.64. The predicted molar refractivity (Wildman–Crippen MR) is 89.2 cm³/mol. The summed E-state index contributed by atoms with van der Waals surface area (Å²) in [5, 5.41) is 0.687. The lowest BCUT2D eigenvalue weighted by molar-refractivity contribution is -0.151. The lowest BCUT2D eigenvalue weighted by atomic mass is 10.1. The molecule has 0 saturated heterocycles. The van der Waals surface area contributed by atoms with Crippen molar-refractivity contribution in [3.05, 3.63) is 26.6 Å². The minimum atomic E-state index is -1.07. The van der Waals surface area contributed by atoms with E-state index in [2.05, 4.69) is 9.97 Å². The molecule has 2 aliphatic carbocycles. The second-order valence-corrected chi connectivity index (χ2v) is 8.91. The van der Waals surface area contributed by atoms with Crippen molar-refractivity contribution in [3.8, 4) is 0 Å². The number of nitrogens with zero attached hydrogens (tertiary/aromatic N) is 1. The highest BCUT2D eigenvalue weighted by Gasteiger charge is 2.69. The van der Waals surface area contributed by atoms with Crippen molar-refractivity contribution in [1.82, 2.24) is 9.97 Å². The van der Waals surface area contributed by atoms with Gasteiger partial charge < -0.3 is 9.72 Å². The van der Waals surface area contributed by atoms with Crippen molar-refractivity contribution >= 4 is 50.7 Å². The predicted octanol–water partition coefficient (Wildman–Crippen LogP) is 3.10. The number of ether oxygens (including phenoxy) is 1. The summed E-state index contributed by atoms with van der Waals surface area (Å²) in [7, 11) is 0. The molecule has 1 N–H and O–H groups in total. The number of aromatic amines is 1. The maximum Gasteiger partial charge on any atom is 0.315 e. The van der Waals surface area contributed by atoms with E-state index < -0.39 is 15.7 Å². The number of halogens is 2. The molecular formula is C15H14Cl2N2O3S. The Balaban J connectivity index is 1.57. The second-order valence-electron chi connectivity index (χ2n) is 6.34. The fourth-order valence-electron chi connectivity index (χ4n) is 3.03. The molecule has 122 valence electrons. The first-order chi connectivity index (χ1) is 10.8. The average molecular weight is 373 g/mol. The highest BCUT2D eigenvalue weighted by atomic mass is 35.5. The third kappa shape index (κ3) is 2.30. The van der Waals surface area contributed by atoms with E-state index in [0.717, 1.165) is 24.8 Å². The van der Waals surface area contributed by atoms with Crippen LogP contribution in [0.2, 0.25) is 0 Å². The van der Waals surface area contributed by atoms with Gasteiger partial charge in [-0.3, -0.25) is 9.59 Å². The quantitative estimate of drug-likeness (QED) is 0.663. The molecule has 8 heteroatoms. The summed E-state index contributed by atoms with van der Waals surface area (Å²) < 4.78 is 4.17. The van der Waals surface area contributed by atoms with E-state index in [1.807, 2.05) is 0 Å². The first kappa shape index (κ1) is 15.4. The van der Waals surface area contributed by atoms with Crippen molar-refractivity contribution in [2.45, 2.75) is 43.5 Å². The SMILES string of the molecule is C[C@@]1(C(=O)OCc2nc3sc4c(c3c(=O)[nH]2)CCC4)CC1(Cl)Cl. The van der Waals surface area contributed by atoms with Gasteiger partial charge in [-0.25, -0.2) is 4.98 Å². The molecular weight excluding hydrogens is 359 g/mol. The van der Waals surface area contributed by atoms with Gasteiger partial charge in [0.2, 0.25) is 0 Å². The largest absolute Gasteiger partial charge is 0.457 e. The Morgan fingerprint density at radius 3 is 2.87 bits per heavy atom. The van der Waals surface area contributed by atoms with E-state index in [4.69, 9.17) is 27.9 Å². The molecule has 0 unspecified atom stereocenters. The maximum absolute atomic E-state index is 12.3. The molecule has 0 aromatic carbocycles. The van der Waals surface area contributed by atoms with E-state index in [1.54, 1.807) is 18.3 Å².